The molecule has 1 atom stereocenters. The molecular weight excluding hydrogens is 359 g/mol. The first-order valence-corrected chi connectivity index (χ1v) is 10.0. The van der Waals surface area contributed by atoms with Crippen molar-refractivity contribution in [1.29, 1.82) is 0 Å². The number of H-pyrrole nitrogens is 1. The third-order valence-corrected chi connectivity index (χ3v) is 6.20. The fourth-order valence-electron chi connectivity index (χ4n) is 4.37. The van der Waals surface area contributed by atoms with Crippen molar-refractivity contribution in [1.82, 2.24) is 20.1 Å². The fourth-order valence-corrected chi connectivity index (χ4v) is 4.37. The smallest absolute Gasteiger partial charge is 0.317 e. The first-order valence-electron chi connectivity index (χ1n) is 10.0. The van der Waals surface area contributed by atoms with E-state index in [4.69, 9.17) is 0 Å². The number of urea groups is 1. The van der Waals surface area contributed by atoms with Gasteiger partial charge < -0.3 is 20.1 Å². The molecule has 2 N–H and O–H groups in total. The molecule has 2 aromatic rings. The Bertz CT molecular complexity index is 872. The number of likely N-dealkylation sites (tertiary alicyclic amines) is 2. The average molecular weight is 386 g/mol. The van der Waals surface area contributed by atoms with E-state index in [1.54, 1.807) is 17.0 Å². The molecule has 28 heavy (non-hydrogen) atoms. The molecule has 4 rings (SSSR count). The minimum absolute atomic E-state index is 0.0465. The second-order valence-corrected chi connectivity index (χ2v) is 8.06. The summed E-state index contributed by atoms with van der Waals surface area (Å²) in [5, 5.41) is 3.94. The van der Waals surface area contributed by atoms with Gasteiger partial charge in [-0.2, -0.15) is 0 Å². The Labute approximate surface area is 164 Å². The minimum Gasteiger partial charge on any atom is -0.361 e. The maximum Gasteiger partial charge on any atom is 0.317 e. The lowest BCUT2D eigenvalue weighted by molar-refractivity contribution is -0.133. The largest absolute Gasteiger partial charge is 0.361 e. The van der Waals surface area contributed by atoms with Crippen molar-refractivity contribution in [2.45, 2.75) is 31.6 Å². The van der Waals surface area contributed by atoms with Crippen LogP contribution in [-0.4, -0.2) is 59.9 Å². The molecule has 7 heteroatoms. The molecule has 3 heterocycles. The molecule has 2 fully saturated rings. The highest BCUT2D eigenvalue weighted by molar-refractivity contribution is 5.84. The van der Waals surface area contributed by atoms with Gasteiger partial charge in [-0.15, -0.1) is 0 Å². The molecule has 150 valence electrons. The summed E-state index contributed by atoms with van der Waals surface area (Å²) in [6.45, 7) is 2.69. The fraction of sp³-hybridized carbons (Fsp3) is 0.524. The number of carbonyl (C=O) groups excluding carboxylic acids is 2. The van der Waals surface area contributed by atoms with Gasteiger partial charge in [0.15, 0.2) is 0 Å². The number of hydrogen-bond acceptors (Lipinski definition) is 2. The lowest BCUT2D eigenvalue weighted by Crippen LogP contribution is -2.47. The average Bonchev–Trinajstić information content (AvgIpc) is 3.12. The number of aromatic amines is 1. The molecule has 3 amide bonds. The molecule has 2 aliphatic heterocycles. The van der Waals surface area contributed by atoms with Gasteiger partial charge in [0.05, 0.1) is 0 Å². The van der Waals surface area contributed by atoms with Crippen LogP contribution < -0.4 is 5.32 Å². The van der Waals surface area contributed by atoms with Gasteiger partial charge in [-0.05, 0) is 54.9 Å². The van der Waals surface area contributed by atoms with Crippen LogP contribution in [0.1, 0.15) is 37.2 Å². The highest BCUT2D eigenvalue weighted by Crippen LogP contribution is 2.33. The van der Waals surface area contributed by atoms with E-state index >= 15 is 0 Å². The number of benzene rings is 1. The third-order valence-electron chi connectivity index (χ3n) is 6.20. The summed E-state index contributed by atoms with van der Waals surface area (Å²) in [5.74, 6) is 0.483. The van der Waals surface area contributed by atoms with Crippen LogP contribution in [0.3, 0.4) is 0 Å². The van der Waals surface area contributed by atoms with Crippen molar-refractivity contribution < 1.29 is 14.0 Å². The molecule has 2 aliphatic rings. The molecule has 0 spiro atoms. The number of carbonyl (C=O) groups is 2. The number of amides is 3. The van der Waals surface area contributed by atoms with Gasteiger partial charge in [-0.25, -0.2) is 9.18 Å². The first-order chi connectivity index (χ1) is 13.5. The number of piperidine rings is 2. The van der Waals surface area contributed by atoms with Crippen molar-refractivity contribution >= 4 is 22.8 Å². The number of nitrogens with zero attached hydrogens (tertiary/aromatic N) is 2. The van der Waals surface area contributed by atoms with Crippen molar-refractivity contribution in [2.24, 2.45) is 5.92 Å². The van der Waals surface area contributed by atoms with E-state index < -0.39 is 0 Å². The van der Waals surface area contributed by atoms with E-state index in [1.807, 2.05) is 18.1 Å². The predicted molar refractivity (Wildman–Crippen MR) is 106 cm³/mol. The minimum atomic E-state index is -0.224. The van der Waals surface area contributed by atoms with Crippen molar-refractivity contribution in [3.05, 3.63) is 35.8 Å². The molecule has 1 aromatic heterocycles. The molecule has 0 bridgehead atoms. The number of rotatable bonds is 3. The Kier molecular flexibility index (Phi) is 5.24. The van der Waals surface area contributed by atoms with E-state index in [9.17, 15) is 14.0 Å². The van der Waals surface area contributed by atoms with Crippen LogP contribution in [0.5, 0.6) is 0 Å². The van der Waals surface area contributed by atoms with Crippen LogP contribution >= 0.6 is 0 Å². The lowest BCUT2D eigenvalue weighted by Gasteiger charge is -2.33. The van der Waals surface area contributed by atoms with Crippen molar-refractivity contribution in [2.75, 3.05) is 33.2 Å². The Morgan fingerprint density at radius 2 is 2.04 bits per heavy atom. The van der Waals surface area contributed by atoms with E-state index in [0.717, 1.165) is 42.3 Å². The molecule has 0 aliphatic carbocycles. The molecule has 0 radical (unpaired) electrons. The second-order valence-electron chi connectivity index (χ2n) is 8.06. The summed E-state index contributed by atoms with van der Waals surface area (Å²) in [6, 6.07) is 4.77. The highest BCUT2D eigenvalue weighted by atomic mass is 19.1. The monoisotopic (exact) mass is 386 g/mol. The van der Waals surface area contributed by atoms with Crippen LogP contribution in [0.25, 0.3) is 10.9 Å². The molecule has 1 aromatic carbocycles. The van der Waals surface area contributed by atoms with Gasteiger partial charge in [0.1, 0.15) is 5.82 Å². The number of hydrogen-bond donors (Lipinski definition) is 2. The third kappa shape index (κ3) is 3.84. The van der Waals surface area contributed by atoms with Crippen LogP contribution in [0, 0.1) is 11.7 Å². The van der Waals surface area contributed by atoms with Gasteiger partial charge in [0.25, 0.3) is 0 Å². The Morgan fingerprint density at radius 1 is 1.25 bits per heavy atom. The molecule has 0 saturated carbocycles. The Morgan fingerprint density at radius 3 is 2.79 bits per heavy atom. The summed E-state index contributed by atoms with van der Waals surface area (Å²) < 4.78 is 13.6. The van der Waals surface area contributed by atoms with Gasteiger partial charge in [0.2, 0.25) is 5.91 Å². The summed E-state index contributed by atoms with van der Waals surface area (Å²) in [7, 11) is 1.82. The van der Waals surface area contributed by atoms with E-state index in [0.29, 0.717) is 32.0 Å². The standard InChI is InChI=1S/C21H27FN4O2/c1-25-7-4-14(10-20(25)27)12-24-21(28)26-8-5-15(6-9-26)18-13-23-19-3-2-16(22)11-17(18)19/h2-3,11,13-15,23H,4-10,12H2,1H3,(H,24,28). The van der Waals surface area contributed by atoms with E-state index in [2.05, 4.69) is 10.3 Å². The number of fused-ring (bicyclic) bond motifs is 1. The maximum absolute atomic E-state index is 13.6. The second kappa shape index (κ2) is 7.81. The van der Waals surface area contributed by atoms with Crippen molar-refractivity contribution in [3.63, 3.8) is 0 Å². The molecule has 1 unspecified atom stereocenters. The quantitative estimate of drug-likeness (QED) is 0.851. The number of halogens is 1. The van der Waals surface area contributed by atoms with Crippen LogP contribution in [0.4, 0.5) is 9.18 Å². The van der Waals surface area contributed by atoms with Gasteiger partial charge >= 0.3 is 6.03 Å². The predicted octanol–water partition coefficient (Wildman–Crippen LogP) is 3.06. The lowest BCUT2D eigenvalue weighted by atomic mass is 9.89. The zero-order valence-electron chi connectivity index (χ0n) is 16.2. The van der Waals surface area contributed by atoms with Crippen LogP contribution in [0.15, 0.2) is 24.4 Å². The van der Waals surface area contributed by atoms with Gasteiger partial charge in [0, 0.05) is 56.7 Å². The summed E-state index contributed by atoms with van der Waals surface area (Å²) in [4.78, 5) is 31.1. The Balaban J connectivity index is 1.29. The normalized spacial score (nSPS) is 21.4. The molecule has 6 nitrogen and oxygen atoms in total. The van der Waals surface area contributed by atoms with Gasteiger partial charge in [-0.1, -0.05) is 0 Å². The van der Waals surface area contributed by atoms with Crippen molar-refractivity contribution in [3.8, 4) is 0 Å². The van der Waals surface area contributed by atoms with Crippen LogP contribution in [-0.2, 0) is 4.79 Å². The summed E-state index contributed by atoms with van der Waals surface area (Å²) >= 11 is 0. The zero-order valence-corrected chi connectivity index (χ0v) is 16.2. The summed E-state index contributed by atoms with van der Waals surface area (Å²) in [5.41, 5.74) is 2.09. The number of aromatic nitrogens is 1. The summed E-state index contributed by atoms with van der Waals surface area (Å²) in [6.07, 6.45) is 5.15. The van der Waals surface area contributed by atoms with E-state index in [-0.39, 0.29) is 23.7 Å². The highest BCUT2D eigenvalue weighted by Gasteiger charge is 2.27. The van der Waals surface area contributed by atoms with Gasteiger partial charge in [-0.3, -0.25) is 4.79 Å². The topological polar surface area (TPSA) is 68.4 Å². The Hall–Kier alpha value is -2.57. The van der Waals surface area contributed by atoms with E-state index in [1.165, 1.54) is 6.07 Å². The molecule has 2 saturated heterocycles. The molecular formula is C21H27FN4O2. The first kappa shape index (κ1) is 18.8. The maximum atomic E-state index is 13.6. The number of nitrogens with one attached hydrogen (secondary N) is 2. The zero-order chi connectivity index (χ0) is 19.7. The SMILES string of the molecule is CN1CCC(CNC(=O)N2CCC(c3c[nH]c4ccc(F)cc34)CC2)CC1=O. The van der Waals surface area contributed by atoms with Crippen LogP contribution in [0.2, 0.25) is 0 Å².